The molecule has 1 aromatic rings. The van der Waals surface area contributed by atoms with Crippen LogP contribution in [-0.2, 0) is 4.74 Å². The van der Waals surface area contributed by atoms with E-state index < -0.39 is 0 Å². The molecule has 0 radical (unpaired) electrons. The van der Waals surface area contributed by atoms with Crippen LogP contribution in [0, 0.1) is 0 Å². The number of piperidine rings is 1. The van der Waals surface area contributed by atoms with E-state index in [1.165, 1.54) is 0 Å². The first-order valence-corrected chi connectivity index (χ1v) is 7.77. The Bertz CT molecular complexity index is 470. The molecule has 0 N–H and O–H groups in total. The first-order chi connectivity index (χ1) is 9.70. The number of benzene rings is 1. The summed E-state index contributed by atoms with van der Waals surface area (Å²) in [7, 11) is 0. The molecule has 1 saturated heterocycles. The first kappa shape index (κ1) is 15.3. The first-order valence-electron chi connectivity index (χ1n) is 6.98. The zero-order chi connectivity index (χ0) is 14.4. The van der Waals surface area contributed by atoms with Crippen molar-refractivity contribution in [2.75, 3.05) is 19.7 Å². The van der Waals surface area contributed by atoms with Crippen LogP contribution in [0.15, 0.2) is 40.9 Å². The van der Waals surface area contributed by atoms with Gasteiger partial charge in [0.1, 0.15) is 0 Å². The summed E-state index contributed by atoms with van der Waals surface area (Å²) in [4.78, 5) is 14.3. The molecule has 0 aromatic heterocycles. The highest BCUT2D eigenvalue weighted by atomic mass is 79.9. The van der Waals surface area contributed by atoms with E-state index >= 15 is 0 Å². The number of nitrogens with zero attached hydrogens (tertiary/aromatic N) is 1. The van der Waals surface area contributed by atoms with E-state index in [2.05, 4.69) is 15.9 Å². The highest BCUT2D eigenvalue weighted by Gasteiger charge is 2.24. The zero-order valence-corrected chi connectivity index (χ0v) is 13.3. The number of ether oxygens (including phenoxy) is 1. The van der Waals surface area contributed by atoms with Crippen LogP contribution in [0.2, 0.25) is 0 Å². The Morgan fingerprint density at radius 3 is 2.90 bits per heavy atom. The summed E-state index contributed by atoms with van der Waals surface area (Å²) in [5.41, 5.74) is 0.738. The van der Waals surface area contributed by atoms with E-state index in [0.717, 1.165) is 29.4 Å². The Kier molecular flexibility index (Phi) is 5.80. The fraction of sp³-hybridized carbons (Fsp3) is 0.438. The number of carbonyl (C=O) groups excluding carboxylic acids is 1. The molecule has 1 aliphatic heterocycles. The SMILES string of the molecule is C/C=C\COC1CCCN(C(=O)c2ccc(Br)cc2)C1. The van der Waals surface area contributed by atoms with E-state index in [4.69, 9.17) is 4.74 Å². The van der Waals surface area contributed by atoms with Crippen LogP contribution in [0.25, 0.3) is 0 Å². The Balaban J connectivity index is 1.94. The van der Waals surface area contributed by atoms with Gasteiger partial charge in [0, 0.05) is 23.1 Å². The molecule has 1 amide bonds. The van der Waals surface area contributed by atoms with Crippen LogP contribution < -0.4 is 0 Å². The summed E-state index contributed by atoms with van der Waals surface area (Å²) in [6, 6.07) is 7.52. The maximum absolute atomic E-state index is 12.4. The molecule has 1 aromatic carbocycles. The average molecular weight is 338 g/mol. The Morgan fingerprint density at radius 2 is 2.20 bits per heavy atom. The van der Waals surface area contributed by atoms with Gasteiger partial charge in [0.2, 0.25) is 0 Å². The van der Waals surface area contributed by atoms with Gasteiger partial charge in [-0.2, -0.15) is 0 Å². The number of rotatable bonds is 4. The lowest BCUT2D eigenvalue weighted by Gasteiger charge is -2.32. The van der Waals surface area contributed by atoms with E-state index in [9.17, 15) is 4.79 Å². The Hall–Kier alpha value is -1.13. The lowest BCUT2D eigenvalue weighted by atomic mass is 10.1. The molecule has 4 heteroatoms. The van der Waals surface area contributed by atoms with Crippen molar-refractivity contribution in [2.45, 2.75) is 25.9 Å². The Morgan fingerprint density at radius 1 is 1.45 bits per heavy atom. The largest absolute Gasteiger partial charge is 0.372 e. The summed E-state index contributed by atoms with van der Waals surface area (Å²) in [6.07, 6.45) is 6.16. The third kappa shape index (κ3) is 4.18. The van der Waals surface area contributed by atoms with Crippen molar-refractivity contribution in [1.82, 2.24) is 4.90 Å². The molecule has 0 spiro atoms. The molecule has 0 saturated carbocycles. The van der Waals surface area contributed by atoms with Gasteiger partial charge in [-0.3, -0.25) is 4.79 Å². The van der Waals surface area contributed by atoms with Gasteiger partial charge < -0.3 is 9.64 Å². The molecule has 0 bridgehead atoms. The normalized spacial score (nSPS) is 19.5. The van der Waals surface area contributed by atoms with Crippen LogP contribution in [0.1, 0.15) is 30.1 Å². The maximum Gasteiger partial charge on any atom is 0.253 e. The van der Waals surface area contributed by atoms with Gasteiger partial charge in [-0.15, -0.1) is 0 Å². The highest BCUT2D eigenvalue weighted by molar-refractivity contribution is 9.10. The smallest absolute Gasteiger partial charge is 0.253 e. The van der Waals surface area contributed by atoms with Crippen molar-refractivity contribution in [3.05, 3.63) is 46.5 Å². The van der Waals surface area contributed by atoms with Crippen molar-refractivity contribution in [1.29, 1.82) is 0 Å². The van der Waals surface area contributed by atoms with Crippen LogP contribution in [0.3, 0.4) is 0 Å². The molecule has 2 rings (SSSR count). The minimum Gasteiger partial charge on any atom is -0.372 e. The lowest BCUT2D eigenvalue weighted by molar-refractivity contribution is 0.0133. The standard InChI is InChI=1S/C16H20BrNO2/c1-2-3-11-20-15-5-4-10-18(12-15)16(19)13-6-8-14(17)9-7-13/h2-3,6-9,15H,4-5,10-12H2,1H3/b3-2-. The summed E-state index contributed by atoms with van der Waals surface area (Å²) < 4.78 is 6.76. The highest BCUT2D eigenvalue weighted by Crippen LogP contribution is 2.17. The molecule has 1 heterocycles. The summed E-state index contributed by atoms with van der Waals surface area (Å²) >= 11 is 3.38. The van der Waals surface area contributed by atoms with Gasteiger partial charge in [-0.25, -0.2) is 0 Å². The molecular formula is C16H20BrNO2. The van der Waals surface area contributed by atoms with Crippen molar-refractivity contribution in [3.63, 3.8) is 0 Å². The quantitative estimate of drug-likeness (QED) is 0.785. The molecule has 1 atom stereocenters. The van der Waals surface area contributed by atoms with Crippen LogP contribution in [-0.4, -0.2) is 36.6 Å². The zero-order valence-electron chi connectivity index (χ0n) is 11.7. The number of hydrogen-bond donors (Lipinski definition) is 0. The minimum atomic E-state index is 0.0943. The van der Waals surface area contributed by atoms with Crippen LogP contribution >= 0.6 is 15.9 Å². The van der Waals surface area contributed by atoms with E-state index in [0.29, 0.717) is 13.2 Å². The summed E-state index contributed by atoms with van der Waals surface area (Å²) in [6.45, 7) is 4.11. The maximum atomic E-state index is 12.4. The molecule has 1 unspecified atom stereocenters. The summed E-state index contributed by atoms with van der Waals surface area (Å²) in [5, 5.41) is 0. The molecule has 1 aliphatic rings. The molecule has 3 nitrogen and oxygen atoms in total. The summed E-state index contributed by atoms with van der Waals surface area (Å²) in [5.74, 6) is 0.0943. The van der Waals surface area contributed by atoms with Gasteiger partial charge in [0.05, 0.1) is 12.7 Å². The molecule has 108 valence electrons. The second-order valence-corrected chi connectivity index (χ2v) is 5.84. The lowest BCUT2D eigenvalue weighted by Crippen LogP contribution is -2.43. The monoisotopic (exact) mass is 337 g/mol. The van der Waals surface area contributed by atoms with Gasteiger partial charge in [-0.1, -0.05) is 28.1 Å². The predicted octanol–water partition coefficient (Wildman–Crippen LogP) is 3.65. The van der Waals surface area contributed by atoms with Gasteiger partial charge in [0.15, 0.2) is 0 Å². The number of hydrogen-bond acceptors (Lipinski definition) is 2. The van der Waals surface area contributed by atoms with E-state index in [-0.39, 0.29) is 12.0 Å². The van der Waals surface area contributed by atoms with Crippen LogP contribution in [0.4, 0.5) is 0 Å². The Labute approximate surface area is 128 Å². The third-order valence-corrected chi connectivity index (χ3v) is 3.95. The molecule has 20 heavy (non-hydrogen) atoms. The van der Waals surface area contributed by atoms with Crippen molar-refractivity contribution in [2.24, 2.45) is 0 Å². The molecule has 0 aliphatic carbocycles. The van der Waals surface area contributed by atoms with E-state index in [1.54, 1.807) is 0 Å². The van der Waals surface area contributed by atoms with Crippen LogP contribution in [0.5, 0.6) is 0 Å². The van der Waals surface area contributed by atoms with Crippen molar-refractivity contribution in [3.8, 4) is 0 Å². The van der Waals surface area contributed by atoms with Crippen molar-refractivity contribution < 1.29 is 9.53 Å². The van der Waals surface area contributed by atoms with Gasteiger partial charge in [0.25, 0.3) is 5.91 Å². The average Bonchev–Trinajstić information content (AvgIpc) is 2.48. The number of allylic oxidation sites excluding steroid dienone is 1. The van der Waals surface area contributed by atoms with Gasteiger partial charge >= 0.3 is 0 Å². The topological polar surface area (TPSA) is 29.5 Å². The second-order valence-electron chi connectivity index (χ2n) is 4.92. The fourth-order valence-corrected chi connectivity index (χ4v) is 2.59. The minimum absolute atomic E-state index is 0.0943. The molecular weight excluding hydrogens is 318 g/mol. The van der Waals surface area contributed by atoms with E-state index in [1.807, 2.05) is 48.2 Å². The van der Waals surface area contributed by atoms with Crippen molar-refractivity contribution >= 4 is 21.8 Å². The number of likely N-dealkylation sites (tertiary alicyclic amines) is 1. The third-order valence-electron chi connectivity index (χ3n) is 3.42. The second kappa shape index (κ2) is 7.60. The molecule has 1 fully saturated rings. The number of halogens is 1. The predicted molar refractivity (Wildman–Crippen MR) is 83.8 cm³/mol. The van der Waals surface area contributed by atoms with Gasteiger partial charge in [-0.05, 0) is 44.0 Å². The fourth-order valence-electron chi connectivity index (χ4n) is 2.32. The number of carbonyl (C=O) groups is 1. The number of amides is 1.